The zero-order valence-electron chi connectivity index (χ0n) is 12.2. The van der Waals surface area contributed by atoms with Crippen LogP contribution in [0.15, 0.2) is 59.5 Å². The average Bonchev–Trinajstić information content (AvgIpc) is 2.56. The molecule has 114 valence electrons. The van der Waals surface area contributed by atoms with Crippen molar-refractivity contribution in [2.24, 2.45) is 0 Å². The molecule has 22 heavy (non-hydrogen) atoms. The predicted octanol–water partition coefficient (Wildman–Crippen LogP) is 2.88. The number of benzene rings is 2. The summed E-state index contributed by atoms with van der Waals surface area (Å²) in [5, 5.41) is 0. The highest BCUT2D eigenvalue weighted by Gasteiger charge is 2.53. The summed E-state index contributed by atoms with van der Waals surface area (Å²) in [6, 6.07) is 14.8. The standard InChI is InChI=1S/C17H16O4S/c1-2-17(22(19,20)13-8-4-3-5-9-13)12-21-15-11-7-6-10-14(15)16(17)18/h3-11H,2,12H2,1H3. The van der Waals surface area contributed by atoms with Gasteiger partial charge in [0.15, 0.2) is 20.4 Å². The maximum Gasteiger partial charge on any atom is 0.194 e. The molecule has 0 aromatic heterocycles. The van der Waals surface area contributed by atoms with Crippen LogP contribution in [0.4, 0.5) is 0 Å². The van der Waals surface area contributed by atoms with Gasteiger partial charge in [0, 0.05) is 0 Å². The largest absolute Gasteiger partial charge is 0.491 e. The van der Waals surface area contributed by atoms with Gasteiger partial charge in [-0.3, -0.25) is 4.79 Å². The number of ether oxygens (including phenoxy) is 1. The van der Waals surface area contributed by atoms with Gasteiger partial charge in [0.25, 0.3) is 0 Å². The Morgan fingerprint density at radius 3 is 2.36 bits per heavy atom. The van der Waals surface area contributed by atoms with E-state index in [9.17, 15) is 13.2 Å². The second kappa shape index (κ2) is 5.25. The Kier molecular flexibility index (Phi) is 3.53. The van der Waals surface area contributed by atoms with E-state index in [1.807, 2.05) is 0 Å². The molecule has 1 aliphatic heterocycles. The lowest BCUT2D eigenvalue weighted by molar-refractivity contribution is 0.0856. The van der Waals surface area contributed by atoms with Crippen molar-refractivity contribution < 1.29 is 17.9 Å². The number of para-hydroxylation sites is 1. The highest BCUT2D eigenvalue weighted by atomic mass is 32.2. The molecule has 0 aliphatic carbocycles. The monoisotopic (exact) mass is 316 g/mol. The summed E-state index contributed by atoms with van der Waals surface area (Å²) < 4.78 is 30.2. The van der Waals surface area contributed by atoms with Crippen LogP contribution in [0.1, 0.15) is 23.7 Å². The van der Waals surface area contributed by atoms with Crippen LogP contribution in [0.3, 0.4) is 0 Å². The van der Waals surface area contributed by atoms with Gasteiger partial charge in [0.05, 0.1) is 10.5 Å². The molecule has 0 fully saturated rings. The lowest BCUT2D eigenvalue weighted by Crippen LogP contribution is -2.53. The van der Waals surface area contributed by atoms with E-state index >= 15 is 0 Å². The highest BCUT2D eigenvalue weighted by Crippen LogP contribution is 2.39. The number of sulfone groups is 1. The van der Waals surface area contributed by atoms with Crippen LogP contribution in [-0.2, 0) is 9.84 Å². The van der Waals surface area contributed by atoms with E-state index in [1.54, 1.807) is 49.4 Å². The highest BCUT2D eigenvalue weighted by molar-refractivity contribution is 7.93. The van der Waals surface area contributed by atoms with Crippen LogP contribution in [0, 0.1) is 0 Å². The van der Waals surface area contributed by atoms with Crippen molar-refractivity contribution in [1.29, 1.82) is 0 Å². The summed E-state index contributed by atoms with van der Waals surface area (Å²) in [7, 11) is -3.84. The normalized spacial score (nSPS) is 21.0. The first-order valence-corrected chi connectivity index (χ1v) is 8.57. The van der Waals surface area contributed by atoms with Crippen molar-refractivity contribution >= 4 is 15.6 Å². The lowest BCUT2D eigenvalue weighted by atomic mass is 9.92. The molecular formula is C17H16O4S. The quantitative estimate of drug-likeness (QED) is 0.873. The molecule has 0 saturated carbocycles. The minimum absolute atomic E-state index is 0.146. The van der Waals surface area contributed by atoms with Gasteiger partial charge >= 0.3 is 0 Å². The number of rotatable bonds is 3. The van der Waals surface area contributed by atoms with Crippen molar-refractivity contribution in [3.63, 3.8) is 0 Å². The Labute approximate surface area is 129 Å². The van der Waals surface area contributed by atoms with E-state index in [4.69, 9.17) is 4.74 Å². The first-order chi connectivity index (χ1) is 10.5. The third-order valence-electron chi connectivity index (χ3n) is 4.15. The van der Waals surface area contributed by atoms with Crippen LogP contribution < -0.4 is 4.74 Å². The number of hydrogen-bond donors (Lipinski definition) is 0. The fraction of sp³-hybridized carbons (Fsp3) is 0.235. The third-order valence-corrected chi connectivity index (χ3v) is 6.66. The molecule has 2 aromatic rings. The van der Waals surface area contributed by atoms with E-state index in [0.29, 0.717) is 11.3 Å². The summed E-state index contributed by atoms with van der Waals surface area (Å²) in [4.78, 5) is 13.1. The first kappa shape index (κ1) is 14.8. The van der Waals surface area contributed by atoms with Crippen molar-refractivity contribution in [3.05, 3.63) is 60.2 Å². The van der Waals surface area contributed by atoms with Crippen molar-refractivity contribution in [2.45, 2.75) is 23.0 Å². The van der Waals surface area contributed by atoms with Crippen molar-refractivity contribution in [1.82, 2.24) is 0 Å². The Hall–Kier alpha value is -2.14. The van der Waals surface area contributed by atoms with Gasteiger partial charge in [-0.1, -0.05) is 37.3 Å². The zero-order chi connectivity index (χ0) is 15.8. The topological polar surface area (TPSA) is 60.4 Å². The van der Waals surface area contributed by atoms with Gasteiger partial charge in [-0.15, -0.1) is 0 Å². The number of ketones is 1. The molecule has 0 bridgehead atoms. The van der Waals surface area contributed by atoms with Crippen molar-refractivity contribution in [3.8, 4) is 5.75 Å². The zero-order valence-corrected chi connectivity index (χ0v) is 13.0. The second-order valence-electron chi connectivity index (χ2n) is 5.28. The van der Waals surface area contributed by atoms with E-state index in [2.05, 4.69) is 0 Å². The van der Waals surface area contributed by atoms with Gasteiger partial charge in [0.1, 0.15) is 12.4 Å². The van der Waals surface area contributed by atoms with Crippen LogP contribution >= 0.6 is 0 Å². The van der Waals surface area contributed by atoms with Crippen LogP contribution in [0.5, 0.6) is 5.75 Å². The molecule has 1 aliphatic rings. The van der Waals surface area contributed by atoms with Crippen LogP contribution in [0.25, 0.3) is 0 Å². The molecule has 0 radical (unpaired) electrons. The SMILES string of the molecule is CCC1(S(=O)(=O)c2ccccc2)COc2ccccc2C1=O. The predicted molar refractivity (Wildman–Crippen MR) is 82.9 cm³/mol. The first-order valence-electron chi connectivity index (χ1n) is 7.09. The summed E-state index contributed by atoms with van der Waals surface area (Å²) in [5.74, 6) is 0.0561. The van der Waals surface area contributed by atoms with Gasteiger partial charge in [-0.2, -0.15) is 0 Å². The van der Waals surface area contributed by atoms with Gasteiger partial charge in [-0.25, -0.2) is 8.42 Å². The third kappa shape index (κ3) is 1.96. The van der Waals surface area contributed by atoms with Gasteiger partial charge < -0.3 is 4.74 Å². The fourth-order valence-corrected chi connectivity index (χ4v) is 4.68. The number of fused-ring (bicyclic) bond motifs is 1. The van der Waals surface area contributed by atoms with Crippen LogP contribution in [0.2, 0.25) is 0 Å². The van der Waals surface area contributed by atoms with E-state index in [0.717, 1.165) is 0 Å². The molecule has 5 heteroatoms. The Morgan fingerprint density at radius 1 is 1.05 bits per heavy atom. The molecule has 0 spiro atoms. The molecule has 2 aromatic carbocycles. The molecule has 1 heterocycles. The average molecular weight is 316 g/mol. The lowest BCUT2D eigenvalue weighted by Gasteiger charge is -2.35. The number of hydrogen-bond acceptors (Lipinski definition) is 4. The van der Waals surface area contributed by atoms with E-state index < -0.39 is 14.6 Å². The Bertz CT molecular complexity index is 812. The second-order valence-corrected chi connectivity index (χ2v) is 7.54. The van der Waals surface area contributed by atoms with E-state index in [-0.39, 0.29) is 23.7 Å². The maximum absolute atomic E-state index is 13.1. The maximum atomic E-state index is 13.1. The molecular weight excluding hydrogens is 300 g/mol. The Balaban J connectivity index is 2.17. The summed E-state index contributed by atoms with van der Waals surface area (Å²) in [6.45, 7) is 1.55. The van der Waals surface area contributed by atoms with Crippen molar-refractivity contribution in [2.75, 3.05) is 6.61 Å². The molecule has 3 rings (SSSR count). The summed E-state index contributed by atoms with van der Waals surface area (Å²) in [5.41, 5.74) is 0.329. The molecule has 1 atom stereocenters. The minimum atomic E-state index is -3.84. The number of Topliss-reactive ketones (excluding diaryl/α,β-unsaturated/α-hetero) is 1. The molecule has 0 amide bonds. The fourth-order valence-electron chi connectivity index (χ4n) is 2.76. The van der Waals surface area contributed by atoms with Gasteiger partial charge in [0.2, 0.25) is 0 Å². The number of carbonyl (C=O) groups is 1. The van der Waals surface area contributed by atoms with Gasteiger partial charge in [-0.05, 0) is 30.7 Å². The number of carbonyl (C=O) groups excluding carboxylic acids is 1. The molecule has 0 saturated heterocycles. The molecule has 4 nitrogen and oxygen atoms in total. The Morgan fingerprint density at radius 2 is 1.68 bits per heavy atom. The summed E-state index contributed by atoms with van der Waals surface area (Å²) >= 11 is 0. The molecule has 0 N–H and O–H groups in total. The summed E-state index contributed by atoms with van der Waals surface area (Å²) in [6.07, 6.45) is 0.164. The smallest absolute Gasteiger partial charge is 0.194 e. The van der Waals surface area contributed by atoms with E-state index in [1.165, 1.54) is 12.1 Å². The minimum Gasteiger partial charge on any atom is -0.491 e. The van der Waals surface area contributed by atoms with Crippen LogP contribution in [-0.4, -0.2) is 25.6 Å². The molecule has 1 unspecified atom stereocenters.